The van der Waals surface area contributed by atoms with E-state index in [1.54, 1.807) is 6.07 Å². The monoisotopic (exact) mass is 338 g/mol. The molecule has 0 saturated carbocycles. The molecule has 0 bridgehead atoms. The van der Waals surface area contributed by atoms with Gasteiger partial charge in [-0.25, -0.2) is 0 Å². The van der Waals surface area contributed by atoms with Gasteiger partial charge in [-0.3, -0.25) is 9.63 Å². The summed E-state index contributed by atoms with van der Waals surface area (Å²) >= 11 is 0. The second-order valence-electron chi connectivity index (χ2n) is 7.16. The van der Waals surface area contributed by atoms with E-state index in [0.29, 0.717) is 17.3 Å². The van der Waals surface area contributed by atoms with E-state index in [4.69, 9.17) is 20.5 Å². The largest absolute Gasteiger partial charge is 0.333 e. The quantitative estimate of drug-likeness (QED) is 0.558. The number of carbonyl (C=O) groups is 1. The van der Waals surface area contributed by atoms with Gasteiger partial charge in [-0.05, 0) is 31.2 Å². The maximum atomic E-state index is 12.8. The fourth-order valence-electron chi connectivity index (χ4n) is 3.85. The van der Waals surface area contributed by atoms with Crippen LogP contribution in [0.25, 0.3) is 0 Å². The summed E-state index contributed by atoms with van der Waals surface area (Å²) in [5, 5.41) is -1.17. The molecule has 3 rings (SSSR count). The van der Waals surface area contributed by atoms with Crippen molar-refractivity contribution in [1.29, 1.82) is 0 Å². The molecule has 0 spiro atoms. The van der Waals surface area contributed by atoms with E-state index in [2.05, 4.69) is 6.92 Å². The summed E-state index contributed by atoms with van der Waals surface area (Å²) < 4.78 is 1.49. The van der Waals surface area contributed by atoms with Gasteiger partial charge in [0.2, 0.25) is 5.69 Å². The Hall–Kier alpha value is -1.49. The molecule has 130 valence electrons. The summed E-state index contributed by atoms with van der Waals surface area (Å²) in [4.78, 5) is 22.2. The molecule has 0 atom stereocenters. The third kappa shape index (κ3) is 3.43. The normalized spacial score (nSPS) is 19.0. The number of nitrogens with zero attached hydrogens (tertiary/aromatic N) is 3. The molecule has 2 fully saturated rings. The van der Waals surface area contributed by atoms with Gasteiger partial charge < -0.3 is 9.80 Å². The van der Waals surface area contributed by atoms with Gasteiger partial charge in [0.25, 0.3) is 0 Å². The number of aromatic nitrogens is 1. The van der Waals surface area contributed by atoms with Crippen LogP contribution in [0.1, 0.15) is 48.8 Å². The van der Waals surface area contributed by atoms with Gasteiger partial charge in [0, 0.05) is 48.4 Å². The molecule has 1 aromatic rings. The Kier molecular flexibility index (Phi) is 5.42. The molecule has 0 unspecified atom stereocenters. The van der Waals surface area contributed by atoms with Gasteiger partial charge in [-0.15, -0.1) is 0 Å². The van der Waals surface area contributed by atoms with Gasteiger partial charge in [-0.1, -0.05) is 13.3 Å². The average Bonchev–Trinajstić information content (AvgIpc) is 3.10. The van der Waals surface area contributed by atoms with Crippen LogP contribution < -0.4 is 9.57 Å². The first-order valence-corrected chi connectivity index (χ1v) is 9.21. The van der Waals surface area contributed by atoms with Crippen LogP contribution in [0.15, 0.2) is 18.2 Å². The molecular weight excluding hydrogens is 312 g/mol. The maximum Gasteiger partial charge on any atom is 0.323 e. The lowest BCUT2D eigenvalue weighted by molar-refractivity contribution is -0.893. The zero-order chi connectivity index (χ0) is 18.0. The van der Waals surface area contributed by atoms with E-state index < -0.39 is 5.34 Å². The van der Waals surface area contributed by atoms with Gasteiger partial charge in [0.1, 0.15) is 7.11 Å². The number of pyridine rings is 1. The number of carbonyl (C=O) groups excluding carboxylic acids is 1. The van der Waals surface area contributed by atoms with Crippen LogP contribution in [0, 0.1) is 5.92 Å². The number of hydrogen-bond donors (Lipinski definition) is 0. The first kappa shape index (κ1) is 18.3. The highest BCUT2D eigenvalue weighted by molar-refractivity contribution is 6.39. The SMILES string of the molecule is [B]C([B])(c1cccc(C(=O)N2CCCC2)[n+]1OC)N1CC(CCC)C1. The Bertz CT molecular complexity index is 627. The molecule has 0 aliphatic carbocycles. The topological polar surface area (TPSA) is 36.7 Å². The first-order chi connectivity index (χ1) is 12.0. The van der Waals surface area contributed by atoms with Crippen molar-refractivity contribution in [2.24, 2.45) is 5.92 Å². The Morgan fingerprint density at radius 1 is 1.32 bits per heavy atom. The molecule has 25 heavy (non-hydrogen) atoms. The maximum absolute atomic E-state index is 12.8. The summed E-state index contributed by atoms with van der Waals surface area (Å²) in [6.45, 7) is 5.50. The molecule has 0 aromatic carbocycles. The van der Waals surface area contributed by atoms with Crippen LogP contribution in [0.4, 0.5) is 0 Å². The highest BCUT2D eigenvalue weighted by atomic mass is 16.6. The van der Waals surface area contributed by atoms with E-state index >= 15 is 0 Å². The van der Waals surface area contributed by atoms with E-state index in [1.165, 1.54) is 24.7 Å². The lowest BCUT2D eigenvalue weighted by Crippen LogP contribution is -2.65. The predicted molar refractivity (Wildman–Crippen MR) is 97.4 cm³/mol. The van der Waals surface area contributed by atoms with Crippen molar-refractivity contribution in [2.75, 3.05) is 33.3 Å². The molecule has 7 heteroatoms. The fraction of sp³-hybridized carbons (Fsp3) is 0.667. The molecule has 1 amide bonds. The smallest absolute Gasteiger partial charge is 0.323 e. The van der Waals surface area contributed by atoms with Gasteiger partial charge in [0.15, 0.2) is 0 Å². The van der Waals surface area contributed by atoms with Crippen molar-refractivity contribution in [1.82, 2.24) is 9.80 Å². The molecule has 3 heterocycles. The van der Waals surface area contributed by atoms with Gasteiger partial charge >= 0.3 is 11.6 Å². The number of hydrogen-bond acceptors (Lipinski definition) is 3. The zero-order valence-electron chi connectivity index (χ0n) is 15.3. The molecule has 1 aromatic heterocycles. The summed E-state index contributed by atoms with van der Waals surface area (Å²) in [6.07, 6.45) is 4.44. The Labute approximate surface area is 153 Å². The molecule has 5 nitrogen and oxygen atoms in total. The second kappa shape index (κ2) is 7.40. The highest BCUT2D eigenvalue weighted by Gasteiger charge is 2.44. The van der Waals surface area contributed by atoms with Crippen molar-refractivity contribution >= 4 is 21.6 Å². The minimum absolute atomic E-state index is 0.0375. The van der Waals surface area contributed by atoms with Crippen molar-refractivity contribution < 1.29 is 14.4 Å². The lowest BCUT2D eigenvalue weighted by atomic mass is 9.57. The second-order valence-corrected chi connectivity index (χ2v) is 7.16. The van der Waals surface area contributed by atoms with Gasteiger partial charge in [0.05, 0.1) is 15.7 Å². The highest BCUT2D eigenvalue weighted by Crippen LogP contribution is 2.30. The Balaban J connectivity index is 1.86. The van der Waals surface area contributed by atoms with Crippen LogP contribution in [-0.4, -0.2) is 64.7 Å². The van der Waals surface area contributed by atoms with Crippen LogP contribution in [0.3, 0.4) is 0 Å². The third-order valence-electron chi connectivity index (χ3n) is 5.33. The molecular formula is C18H26B2N3O2+. The van der Waals surface area contributed by atoms with Crippen molar-refractivity contribution in [3.63, 3.8) is 0 Å². The summed E-state index contributed by atoms with van der Waals surface area (Å²) in [5.41, 5.74) is 1.06. The van der Waals surface area contributed by atoms with Gasteiger partial charge in [-0.2, -0.15) is 0 Å². The van der Waals surface area contributed by atoms with Crippen LogP contribution in [-0.2, 0) is 5.34 Å². The summed E-state index contributed by atoms with van der Waals surface area (Å²) in [6, 6.07) is 5.42. The number of amides is 1. The third-order valence-corrected chi connectivity index (χ3v) is 5.33. The Morgan fingerprint density at radius 2 is 2.00 bits per heavy atom. The molecule has 0 N–H and O–H groups in total. The van der Waals surface area contributed by atoms with Crippen LogP contribution in [0.5, 0.6) is 0 Å². The fourth-order valence-corrected chi connectivity index (χ4v) is 3.85. The van der Waals surface area contributed by atoms with Crippen molar-refractivity contribution in [3.8, 4) is 0 Å². The zero-order valence-corrected chi connectivity index (χ0v) is 15.3. The van der Waals surface area contributed by atoms with E-state index in [0.717, 1.165) is 39.0 Å². The first-order valence-electron chi connectivity index (χ1n) is 9.21. The molecule has 4 radical (unpaired) electrons. The lowest BCUT2D eigenvalue weighted by Gasteiger charge is -2.48. The predicted octanol–water partition coefficient (Wildman–Crippen LogP) is 0.448. The molecule has 2 saturated heterocycles. The van der Waals surface area contributed by atoms with E-state index in [-0.39, 0.29) is 5.91 Å². The van der Waals surface area contributed by atoms with Crippen LogP contribution >= 0.6 is 0 Å². The van der Waals surface area contributed by atoms with E-state index in [9.17, 15) is 4.79 Å². The van der Waals surface area contributed by atoms with E-state index in [1.807, 2.05) is 21.9 Å². The molecule has 2 aliphatic rings. The number of likely N-dealkylation sites (tertiary alicyclic amines) is 2. The van der Waals surface area contributed by atoms with Crippen molar-refractivity contribution in [2.45, 2.75) is 37.9 Å². The Morgan fingerprint density at radius 3 is 2.60 bits per heavy atom. The minimum atomic E-state index is -1.17. The summed E-state index contributed by atoms with van der Waals surface area (Å²) in [5.74, 6) is 0.603. The summed E-state index contributed by atoms with van der Waals surface area (Å²) in [7, 11) is 14.5. The minimum Gasteiger partial charge on any atom is -0.333 e. The number of rotatable bonds is 6. The van der Waals surface area contributed by atoms with Crippen LogP contribution in [0.2, 0.25) is 0 Å². The van der Waals surface area contributed by atoms with Crippen molar-refractivity contribution in [3.05, 3.63) is 29.6 Å². The average molecular weight is 338 g/mol. The molecule has 2 aliphatic heterocycles. The standard InChI is InChI=1S/C18H26B2N3O2/c1-3-7-14-12-22(13-14)18(19,20)16-9-6-8-15(23(16)25-2)17(24)21-10-4-5-11-21/h6,8-9,14H,3-5,7,10-13H2,1-2H3/q+1.